The molecule has 0 saturated carbocycles. The van der Waals surface area contributed by atoms with Gasteiger partial charge in [-0.15, -0.1) is 0 Å². The number of hydrogen-bond acceptors (Lipinski definition) is 4. The van der Waals surface area contributed by atoms with E-state index in [1.54, 1.807) is 13.0 Å². The number of nitrogens with zero attached hydrogens (tertiary/aromatic N) is 1. The molecule has 1 saturated heterocycles. The van der Waals surface area contributed by atoms with Crippen molar-refractivity contribution in [2.45, 2.75) is 58.4 Å². The molecule has 0 spiro atoms. The van der Waals surface area contributed by atoms with Gasteiger partial charge in [0.15, 0.2) is 0 Å². The molecule has 1 heterocycles. The standard InChI is InChI=1S/C20H31N3O3/c1-3-5-11-23-12-7-6-8-16(23)14-21-20(26)17-13-15(9-10-18(17)24)22-19(25)4-2/h9-10,13,16,24H,3-8,11-12,14H2,1-2H3,(H,21,26)(H,22,25). The zero-order chi connectivity index (χ0) is 18.9. The van der Waals surface area contributed by atoms with Gasteiger partial charge in [-0.05, 0) is 50.6 Å². The number of piperidine rings is 1. The fraction of sp³-hybridized carbons (Fsp3) is 0.600. The first-order valence-corrected chi connectivity index (χ1v) is 9.70. The van der Waals surface area contributed by atoms with Crippen molar-refractivity contribution in [2.75, 3.05) is 25.0 Å². The molecule has 0 radical (unpaired) electrons. The highest BCUT2D eigenvalue weighted by Gasteiger charge is 2.23. The van der Waals surface area contributed by atoms with Gasteiger partial charge in [0, 0.05) is 24.7 Å². The molecule has 0 aromatic heterocycles. The van der Waals surface area contributed by atoms with E-state index >= 15 is 0 Å². The van der Waals surface area contributed by atoms with Crippen molar-refractivity contribution in [3.05, 3.63) is 23.8 Å². The third-order valence-electron chi connectivity index (χ3n) is 4.89. The topological polar surface area (TPSA) is 81.7 Å². The SMILES string of the molecule is CCCCN1CCCCC1CNC(=O)c1cc(NC(=O)CC)ccc1O. The Morgan fingerprint density at radius 3 is 2.81 bits per heavy atom. The minimum atomic E-state index is -0.309. The normalized spacial score (nSPS) is 17.7. The van der Waals surface area contributed by atoms with E-state index in [1.807, 2.05) is 0 Å². The van der Waals surface area contributed by atoms with Crippen LogP contribution in [0.2, 0.25) is 0 Å². The Kier molecular flexibility index (Phi) is 7.91. The lowest BCUT2D eigenvalue weighted by atomic mass is 10.0. The second kappa shape index (κ2) is 10.2. The summed E-state index contributed by atoms with van der Waals surface area (Å²) >= 11 is 0. The summed E-state index contributed by atoms with van der Waals surface area (Å²) in [6, 6.07) is 4.90. The molecule has 0 bridgehead atoms. The Morgan fingerprint density at radius 2 is 2.08 bits per heavy atom. The second-order valence-electron chi connectivity index (χ2n) is 6.88. The Hall–Kier alpha value is -2.08. The van der Waals surface area contributed by atoms with Gasteiger partial charge in [-0.3, -0.25) is 14.5 Å². The lowest BCUT2D eigenvalue weighted by molar-refractivity contribution is -0.115. The number of aromatic hydroxyl groups is 1. The number of phenolic OH excluding ortho intramolecular Hbond substituents is 1. The maximum atomic E-state index is 12.5. The summed E-state index contributed by atoms with van der Waals surface area (Å²) in [5.74, 6) is -0.518. The third-order valence-corrected chi connectivity index (χ3v) is 4.89. The number of phenols is 1. The number of amides is 2. The molecular weight excluding hydrogens is 330 g/mol. The second-order valence-corrected chi connectivity index (χ2v) is 6.88. The van der Waals surface area contributed by atoms with Crippen molar-refractivity contribution in [2.24, 2.45) is 0 Å². The number of rotatable bonds is 8. The number of carbonyl (C=O) groups is 2. The van der Waals surface area contributed by atoms with E-state index in [9.17, 15) is 14.7 Å². The van der Waals surface area contributed by atoms with Gasteiger partial charge < -0.3 is 15.7 Å². The number of unbranched alkanes of at least 4 members (excludes halogenated alkanes) is 1. The van der Waals surface area contributed by atoms with E-state index in [-0.39, 0.29) is 23.1 Å². The molecular formula is C20H31N3O3. The molecule has 2 rings (SSSR count). The Morgan fingerprint density at radius 1 is 1.27 bits per heavy atom. The lowest BCUT2D eigenvalue weighted by Gasteiger charge is -2.35. The predicted molar refractivity (Wildman–Crippen MR) is 103 cm³/mol. The highest BCUT2D eigenvalue weighted by molar-refractivity contribution is 5.99. The van der Waals surface area contributed by atoms with Crippen LogP contribution in [0, 0.1) is 0 Å². The van der Waals surface area contributed by atoms with Gasteiger partial charge in [-0.1, -0.05) is 26.7 Å². The molecule has 26 heavy (non-hydrogen) atoms. The summed E-state index contributed by atoms with van der Waals surface area (Å²) in [6.07, 6.45) is 6.19. The molecule has 1 aliphatic heterocycles. The molecule has 1 aliphatic rings. The highest BCUT2D eigenvalue weighted by atomic mass is 16.3. The number of nitrogens with one attached hydrogen (secondary N) is 2. The first-order chi connectivity index (χ1) is 12.5. The van der Waals surface area contributed by atoms with Crippen LogP contribution in [0.25, 0.3) is 0 Å². The van der Waals surface area contributed by atoms with Crippen molar-refractivity contribution in [1.29, 1.82) is 0 Å². The van der Waals surface area contributed by atoms with Crippen molar-refractivity contribution < 1.29 is 14.7 Å². The molecule has 1 aromatic rings. The number of carbonyl (C=O) groups excluding carboxylic acids is 2. The molecule has 0 aliphatic carbocycles. The fourth-order valence-electron chi connectivity index (χ4n) is 3.30. The number of benzene rings is 1. The monoisotopic (exact) mass is 361 g/mol. The minimum absolute atomic E-state index is 0.0801. The summed E-state index contributed by atoms with van der Waals surface area (Å²) < 4.78 is 0. The van der Waals surface area contributed by atoms with Crippen molar-refractivity contribution in [3.8, 4) is 5.75 Å². The predicted octanol–water partition coefficient (Wildman–Crippen LogP) is 3.13. The summed E-state index contributed by atoms with van der Waals surface area (Å²) in [4.78, 5) is 26.5. The highest BCUT2D eigenvalue weighted by Crippen LogP contribution is 2.22. The summed E-state index contributed by atoms with van der Waals surface area (Å²) in [6.45, 7) is 6.68. The van der Waals surface area contributed by atoms with Crippen molar-refractivity contribution >= 4 is 17.5 Å². The van der Waals surface area contributed by atoms with Gasteiger partial charge in [0.25, 0.3) is 5.91 Å². The zero-order valence-electron chi connectivity index (χ0n) is 15.9. The van der Waals surface area contributed by atoms with Crippen LogP contribution in [0.15, 0.2) is 18.2 Å². The number of hydrogen-bond donors (Lipinski definition) is 3. The Bertz CT molecular complexity index is 618. The van der Waals surface area contributed by atoms with Crippen LogP contribution in [0.4, 0.5) is 5.69 Å². The average Bonchev–Trinajstić information content (AvgIpc) is 2.66. The van der Waals surface area contributed by atoms with Gasteiger partial charge in [0.05, 0.1) is 5.56 Å². The number of anilines is 1. The summed E-state index contributed by atoms with van der Waals surface area (Å²) in [5, 5.41) is 15.7. The molecule has 144 valence electrons. The first kappa shape index (κ1) is 20.2. The van der Waals surface area contributed by atoms with Crippen LogP contribution < -0.4 is 10.6 Å². The molecule has 1 unspecified atom stereocenters. The zero-order valence-corrected chi connectivity index (χ0v) is 15.9. The lowest BCUT2D eigenvalue weighted by Crippen LogP contribution is -2.47. The van der Waals surface area contributed by atoms with Crippen LogP contribution in [-0.2, 0) is 4.79 Å². The van der Waals surface area contributed by atoms with Crippen molar-refractivity contribution in [3.63, 3.8) is 0 Å². The first-order valence-electron chi connectivity index (χ1n) is 9.70. The van der Waals surface area contributed by atoms with E-state index in [2.05, 4.69) is 22.5 Å². The average molecular weight is 361 g/mol. The van der Waals surface area contributed by atoms with Crippen LogP contribution in [0.5, 0.6) is 5.75 Å². The number of likely N-dealkylation sites (tertiary alicyclic amines) is 1. The van der Waals surface area contributed by atoms with Gasteiger partial charge in [-0.2, -0.15) is 0 Å². The summed E-state index contributed by atoms with van der Waals surface area (Å²) in [5.41, 5.74) is 0.705. The molecule has 2 amide bonds. The molecule has 6 nitrogen and oxygen atoms in total. The summed E-state index contributed by atoms with van der Waals surface area (Å²) in [7, 11) is 0. The maximum Gasteiger partial charge on any atom is 0.255 e. The minimum Gasteiger partial charge on any atom is -0.507 e. The third kappa shape index (κ3) is 5.73. The molecule has 3 N–H and O–H groups in total. The smallest absolute Gasteiger partial charge is 0.255 e. The van der Waals surface area contributed by atoms with E-state index in [0.29, 0.717) is 24.7 Å². The van der Waals surface area contributed by atoms with Crippen molar-refractivity contribution in [1.82, 2.24) is 10.2 Å². The quantitative estimate of drug-likeness (QED) is 0.621. The maximum absolute atomic E-state index is 12.5. The Balaban J connectivity index is 1.97. The Labute approximate surface area is 156 Å². The van der Waals surface area contributed by atoms with E-state index in [1.165, 1.54) is 37.8 Å². The van der Waals surface area contributed by atoms with E-state index in [0.717, 1.165) is 19.5 Å². The largest absolute Gasteiger partial charge is 0.507 e. The van der Waals surface area contributed by atoms with Crippen LogP contribution >= 0.6 is 0 Å². The van der Waals surface area contributed by atoms with Crippen LogP contribution in [-0.4, -0.2) is 47.5 Å². The molecule has 6 heteroatoms. The fourth-order valence-corrected chi connectivity index (χ4v) is 3.30. The molecule has 1 aromatic carbocycles. The van der Waals surface area contributed by atoms with Gasteiger partial charge in [-0.25, -0.2) is 0 Å². The molecule has 1 fully saturated rings. The van der Waals surface area contributed by atoms with Gasteiger partial charge >= 0.3 is 0 Å². The van der Waals surface area contributed by atoms with E-state index < -0.39 is 0 Å². The van der Waals surface area contributed by atoms with Crippen LogP contribution in [0.3, 0.4) is 0 Å². The van der Waals surface area contributed by atoms with Gasteiger partial charge in [0.1, 0.15) is 5.75 Å². The van der Waals surface area contributed by atoms with Crippen LogP contribution in [0.1, 0.15) is 62.7 Å². The van der Waals surface area contributed by atoms with E-state index in [4.69, 9.17) is 0 Å². The molecule has 1 atom stereocenters. The van der Waals surface area contributed by atoms with Gasteiger partial charge in [0.2, 0.25) is 5.91 Å².